The van der Waals surface area contributed by atoms with Crippen LogP contribution in [0.1, 0.15) is 49.9 Å². The van der Waals surface area contributed by atoms with Crippen molar-refractivity contribution in [2.24, 2.45) is 0 Å². The summed E-state index contributed by atoms with van der Waals surface area (Å²) in [5, 5.41) is 12.0. The van der Waals surface area contributed by atoms with Crippen LogP contribution in [0.2, 0.25) is 10.0 Å². The summed E-state index contributed by atoms with van der Waals surface area (Å²) < 4.78 is 0. The summed E-state index contributed by atoms with van der Waals surface area (Å²) >= 11 is 12.1. The zero-order chi connectivity index (χ0) is 19.8. The standard InChI is InChI=1S/C24H24Cl2O/c1-23(2,16-5-10-19(25)11-6-16)18-9-14-22(27)21(15-18)24(3,4)17-7-12-20(26)13-8-17/h5-15,27H,1-4H3. The molecule has 0 saturated carbocycles. The Morgan fingerprint density at radius 2 is 1.00 bits per heavy atom. The van der Waals surface area contributed by atoms with Gasteiger partial charge in [-0.2, -0.15) is 0 Å². The van der Waals surface area contributed by atoms with Gasteiger partial charge in [-0.15, -0.1) is 0 Å². The molecule has 1 N–H and O–H groups in total. The minimum Gasteiger partial charge on any atom is -0.508 e. The summed E-state index contributed by atoms with van der Waals surface area (Å²) in [6.45, 7) is 8.60. The first-order chi connectivity index (χ1) is 12.6. The van der Waals surface area contributed by atoms with Crippen LogP contribution in [0, 0.1) is 0 Å². The van der Waals surface area contributed by atoms with Crippen molar-refractivity contribution in [1.29, 1.82) is 0 Å². The quantitative estimate of drug-likeness (QED) is 0.486. The van der Waals surface area contributed by atoms with Crippen molar-refractivity contribution < 1.29 is 5.11 Å². The van der Waals surface area contributed by atoms with Crippen molar-refractivity contribution >= 4 is 23.2 Å². The molecule has 3 heteroatoms. The van der Waals surface area contributed by atoms with Gasteiger partial charge < -0.3 is 5.11 Å². The zero-order valence-electron chi connectivity index (χ0n) is 16.1. The van der Waals surface area contributed by atoms with E-state index in [-0.39, 0.29) is 10.8 Å². The highest BCUT2D eigenvalue weighted by Gasteiger charge is 2.30. The molecule has 0 saturated heterocycles. The Bertz CT molecular complexity index is 939. The van der Waals surface area contributed by atoms with Crippen LogP contribution >= 0.6 is 23.2 Å². The molecule has 0 heterocycles. The zero-order valence-corrected chi connectivity index (χ0v) is 17.6. The molecule has 0 bridgehead atoms. The molecule has 27 heavy (non-hydrogen) atoms. The lowest BCUT2D eigenvalue weighted by atomic mass is 9.73. The van der Waals surface area contributed by atoms with Gasteiger partial charge in [0.05, 0.1) is 0 Å². The molecule has 3 rings (SSSR count). The lowest BCUT2D eigenvalue weighted by molar-refractivity contribution is 0.451. The number of hydrogen-bond acceptors (Lipinski definition) is 1. The first kappa shape index (κ1) is 19.8. The number of rotatable bonds is 4. The van der Waals surface area contributed by atoms with E-state index in [0.717, 1.165) is 21.7 Å². The summed E-state index contributed by atoms with van der Waals surface area (Å²) in [4.78, 5) is 0. The molecule has 0 amide bonds. The fourth-order valence-electron chi connectivity index (χ4n) is 3.48. The topological polar surface area (TPSA) is 20.2 Å². The number of phenolic OH excluding ortho intramolecular Hbond substituents is 1. The highest BCUT2D eigenvalue weighted by Crippen LogP contribution is 2.41. The lowest BCUT2D eigenvalue weighted by Crippen LogP contribution is -2.23. The maximum atomic E-state index is 10.6. The van der Waals surface area contributed by atoms with Crippen molar-refractivity contribution in [3.63, 3.8) is 0 Å². The minimum absolute atomic E-state index is 0.219. The Kier molecular flexibility index (Phi) is 5.29. The van der Waals surface area contributed by atoms with Crippen molar-refractivity contribution in [2.45, 2.75) is 38.5 Å². The summed E-state index contributed by atoms with van der Waals surface area (Å²) in [5.74, 6) is 0.297. The van der Waals surface area contributed by atoms with Gasteiger partial charge in [-0.05, 0) is 47.0 Å². The Morgan fingerprint density at radius 3 is 1.48 bits per heavy atom. The largest absolute Gasteiger partial charge is 0.508 e. The second-order valence-electron chi connectivity index (χ2n) is 8.00. The second-order valence-corrected chi connectivity index (χ2v) is 8.87. The fourth-order valence-corrected chi connectivity index (χ4v) is 3.73. The SMILES string of the molecule is CC(C)(c1ccc(Cl)cc1)c1ccc(O)c(C(C)(C)c2ccc(Cl)cc2)c1. The predicted molar refractivity (Wildman–Crippen MR) is 115 cm³/mol. The molecule has 0 aliphatic heterocycles. The maximum Gasteiger partial charge on any atom is 0.119 e. The maximum absolute atomic E-state index is 10.6. The van der Waals surface area contributed by atoms with Gasteiger partial charge in [-0.25, -0.2) is 0 Å². The van der Waals surface area contributed by atoms with E-state index < -0.39 is 0 Å². The molecule has 0 unspecified atom stereocenters. The van der Waals surface area contributed by atoms with Crippen LogP contribution in [0.4, 0.5) is 0 Å². The van der Waals surface area contributed by atoms with E-state index in [1.165, 1.54) is 5.56 Å². The van der Waals surface area contributed by atoms with Gasteiger partial charge in [0.2, 0.25) is 0 Å². The number of benzene rings is 3. The monoisotopic (exact) mass is 398 g/mol. The number of aromatic hydroxyl groups is 1. The number of halogens is 2. The fraction of sp³-hybridized carbons (Fsp3) is 0.250. The van der Waals surface area contributed by atoms with Gasteiger partial charge in [0, 0.05) is 26.4 Å². The molecular weight excluding hydrogens is 375 g/mol. The van der Waals surface area contributed by atoms with E-state index in [4.69, 9.17) is 23.2 Å². The van der Waals surface area contributed by atoms with Crippen molar-refractivity contribution in [3.05, 3.63) is 99.0 Å². The third-order valence-corrected chi connectivity index (χ3v) is 6.03. The molecule has 140 valence electrons. The van der Waals surface area contributed by atoms with Crippen LogP contribution in [0.3, 0.4) is 0 Å². The minimum atomic E-state index is -0.360. The summed E-state index contributed by atoms with van der Waals surface area (Å²) in [5.41, 5.74) is 3.73. The normalized spacial score (nSPS) is 12.2. The molecule has 0 aliphatic carbocycles. The van der Waals surface area contributed by atoms with Gasteiger partial charge >= 0.3 is 0 Å². The smallest absolute Gasteiger partial charge is 0.119 e. The van der Waals surface area contributed by atoms with Gasteiger partial charge in [-0.1, -0.05) is 87.3 Å². The molecule has 1 nitrogen and oxygen atoms in total. The summed E-state index contributed by atoms with van der Waals surface area (Å²) in [6.07, 6.45) is 0. The van der Waals surface area contributed by atoms with Gasteiger partial charge in [0.15, 0.2) is 0 Å². The Morgan fingerprint density at radius 1 is 0.593 bits per heavy atom. The molecule has 0 atom stereocenters. The van der Waals surface area contributed by atoms with Gasteiger partial charge in [0.1, 0.15) is 5.75 Å². The molecular formula is C24H24Cl2O. The number of hydrogen-bond donors (Lipinski definition) is 1. The highest BCUT2D eigenvalue weighted by atomic mass is 35.5. The van der Waals surface area contributed by atoms with E-state index in [0.29, 0.717) is 10.8 Å². The van der Waals surface area contributed by atoms with Crippen LogP contribution in [0.25, 0.3) is 0 Å². The highest BCUT2D eigenvalue weighted by molar-refractivity contribution is 6.30. The van der Waals surface area contributed by atoms with Gasteiger partial charge in [0.25, 0.3) is 0 Å². The first-order valence-corrected chi connectivity index (χ1v) is 9.74. The molecule has 3 aromatic carbocycles. The molecule has 0 aromatic heterocycles. The average molecular weight is 399 g/mol. The predicted octanol–water partition coefficient (Wildman–Crippen LogP) is 7.35. The average Bonchev–Trinajstić information content (AvgIpc) is 2.62. The lowest BCUT2D eigenvalue weighted by Gasteiger charge is -2.31. The van der Waals surface area contributed by atoms with Crippen LogP contribution in [0.5, 0.6) is 5.75 Å². The van der Waals surface area contributed by atoms with E-state index in [2.05, 4.69) is 45.9 Å². The number of phenols is 1. The van der Waals surface area contributed by atoms with Crippen LogP contribution in [-0.2, 0) is 10.8 Å². The van der Waals surface area contributed by atoms with E-state index in [9.17, 15) is 5.11 Å². The van der Waals surface area contributed by atoms with Gasteiger partial charge in [-0.3, -0.25) is 0 Å². The summed E-state index contributed by atoms with van der Waals surface area (Å²) in [7, 11) is 0. The third-order valence-electron chi connectivity index (χ3n) is 5.52. The third kappa shape index (κ3) is 3.85. The Labute approximate surface area is 171 Å². The Hall–Kier alpha value is -1.96. The Balaban J connectivity index is 2.08. The van der Waals surface area contributed by atoms with Crippen LogP contribution in [-0.4, -0.2) is 5.11 Å². The molecule has 0 aliphatic rings. The second kappa shape index (κ2) is 7.22. The van der Waals surface area contributed by atoms with Crippen LogP contribution in [0.15, 0.2) is 66.7 Å². The molecule has 0 radical (unpaired) electrons. The van der Waals surface area contributed by atoms with Crippen molar-refractivity contribution in [3.8, 4) is 5.75 Å². The summed E-state index contributed by atoms with van der Waals surface area (Å²) in [6, 6.07) is 21.6. The van der Waals surface area contributed by atoms with Crippen molar-refractivity contribution in [1.82, 2.24) is 0 Å². The first-order valence-electron chi connectivity index (χ1n) is 8.98. The molecule has 0 spiro atoms. The van der Waals surface area contributed by atoms with Crippen LogP contribution < -0.4 is 0 Å². The van der Waals surface area contributed by atoms with E-state index in [1.54, 1.807) is 6.07 Å². The van der Waals surface area contributed by atoms with Crippen molar-refractivity contribution in [2.75, 3.05) is 0 Å². The van der Waals surface area contributed by atoms with E-state index in [1.807, 2.05) is 42.5 Å². The molecule has 3 aromatic rings. The molecule has 0 fully saturated rings. The van der Waals surface area contributed by atoms with E-state index >= 15 is 0 Å².